The number of hydrogen-bond acceptors (Lipinski definition) is 2. The summed E-state index contributed by atoms with van der Waals surface area (Å²) >= 11 is 0. The van der Waals surface area contributed by atoms with Crippen LogP contribution in [0.3, 0.4) is 0 Å². The molecule has 2 rings (SSSR count). The van der Waals surface area contributed by atoms with E-state index in [9.17, 15) is 4.39 Å². The number of aliphatic imine (C=N–C) groups is 1. The fraction of sp³-hybridized carbons (Fsp3) is 0.300. The molecule has 0 radical (unpaired) electrons. The van der Waals surface area contributed by atoms with E-state index in [1.807, 2.05) is 0 Å². The van der Waals surface area contributed by atoms with Gasteiger partial charge < -0.3 is 5.43 Å². The summed E-state index contributed by atoms with van der Waals surface area (Å²) in [5.41, 5.74) is 3.19. The van der Waals surface area contributed by atoms with Gasteiger partial charge in [0.2, 0.25) is 0 Å². The first-order valence-electron chi connectivity index (χ1n) is 4.60. The lowest BCUT2D eigenvalue weighted by Crippen LogP contribution is -2.31. The Balaban J connectivity index is 2.26. The lowest BCUT2D eigenvalue weighted by atomic mass is 10.2. The van der Waals surface area contributed by atoms with Gasteiger partial charge in [0.25, 0.3) is 0 Å². The molecule has 3 N–H and O–H groups in total. The van der Waals surface area contributed by atoms with Crippen LogP contribution >= 0.6 is 0 Å². The summed E-state index contributed by atoms with van der Waals surface area (Å²) in [6, 6.07) is 6.61. The third-order valence-electron chi connectivity index (χ3n) is 2.09. The molecular formula is C10H12FN3. The molecule has 74 valence electrons. The monoisotopic (exact) mass is 193 g/mol. The fourth-order valence-corrected chi connectivity index (χ4v) is 1.22. The number of rotatable bonds is 2. The Labute approximate surface area is 81.8 Å². The Bertz CT molecular complexity index is 358. The molecule has 1 aromatic carbocycles. The second-order valence-corrected chi connectivity index (χ2v) is 3.36. The predicted molar refractivity (Wildman–Crippen MR) is 53.3 cm³/mol. The standard InChI is InChI=1S/C10H12FN3/c11-8-3-1-2-7(6-8)10(14-12)13-9-4-5-9/h1-3,6,9H,4-5,12H2,(H,13,14). The van der Waals surface area contributed by atoms with Gasteiger partial charge in [-0.2, -0.15) is 0 Å². The van der Waals surface area contributed by atoms with E-state index in [0.717, 1.165) is 12.8 Å². The molecule has 0 aromatic heterocycles. The SMILES string of the molecule is NNC(=NC1CC1)c1cccc(F)c1. The van der Waals surface area contributed by atoms with Crippen molar-refractivity contribution in [1.82, 2.24) is 5.43 Å². The van der Waals surface area contributed by atoms with Crippen molar-refractivity contribution in [3.63, 3.8) is 0 Å². The summed E-state index contributed by atoms with van der Waals surface area (Å²) in [4.78, 5) is 4.33. The molecule has 0 heterocycles. The molecule has 0 atom stereocenters. The van der Waals surface area contributed by atoms with Crippen LogP contribution < -0.4 is 11.3 Å². The number of nitrogens with one attached hydrogen (secondary N) is 1. The van der Waals surface area contributed by atoms with Crippen LogP contribution in [0.25, 0.3) is 0 Å². The van der Waals surface area contributed by atoms with Gasteiger partial charge in [-0.15, -0.1) is 0 Å². The zero-order valence-corrected chi connectivity index (χ0v) is 7.70. The van der Waals surface area contributed by atoms with Crippen molar-refractivity contribution in [1.29, 1.82) is 0 Å². The van der Waals surface area contributed by atoms with Crippen LogP contribution in [0.15, 0.2) is 29.3 Å². The number of nitrogens with zero attached hydrogens (tertiary/aromatic N) is 1. The van der Waals surface area contributed by atoms with Crippen molar-refractivity contribution in [3.8, 4) is 0 Å². The van der Waals surface area contributed by atoms with E-state index in [2.05, 4.69) is 10.4 Å². The fourth-order valence-electron chi connectivity index (χ4n) is 1.22. The highest BCUT2D eigenvalue weighted by molar-refractivity contribution is 5.98. The molecule has 0 spiro atoms. The zero-order chi connectivity index (χ0) is 9.97. The van der Waals surface area contributed by atoms with Gasteiger partial charge >= 0.3 is 0 Å². The van der Waals surface area contributed by atoms with Gasteiger partial charge in [-0.3, -0.25) is 4.99 Å². The Morgan fingerprint density at radius 1 is 1.50 bits per heavy atom. The van der Waals surface area contributed by atoms with Crippen molar-refractivity contribution < 1.29 is 4.39 Å². The van der Waals surface area contributed by atoms with Crippen molar-refractivity contribution in [2.24, 2.45) is 10.8 Å². The normalized spacial score (nSPS) is 16.9. The highest BCUT2D eigenvalue weighted by Gasteiger charge is 2.21. The molecule has 4 heteroatoms. The Morgan fingerprint density at radius 2 is 2.29 bits per heavy atom. The van der Waals surface area contributed by atoms with Crippen molar-refractivity contribution in [2.75, 3.05) is 0 Å². The minimum absolute atomic E-state index is 0.277. The third-order valence-corrected chi connectivity index (χ3v) is 2.09. The van der Waals surface area contributed by atoms with Crippen LogP contribution in [0.4, 0.5) is 4.39 Å². The molecule has 1 saturated carbocycles. The first-order valence-corrected chi connectivity index (χ1v) is 4.60. The maximum atomic E-state index is 12.9. The van der Waals surface area contributed by atoms with E-state index >= 15 is 0 Å². The van der Waals surface area contributed by atoms with Crippen molar-refractivity contribution >= 4 is 5.84 Å². The molecule has 14 heavy (non-hydrogen) atoms. The first kappa shape index (κ1) is 9.15. The van der Waals surface area contributed by atoms with Crippen molar-refractivity contribution in [2.45, 2.75) is 18.9 Å². The third kappa shape index (κ3) is 2.09. The number of amidine groups is 1. The quantitative estimate of drug-likeness (QED) is 0.321. The minimum Gasteiger partial charge on any atom is -0.308 e. The molecule has 1 aliphatic rings. The zero-order valence-electron chi connectivity index (χ0n) is 7.70. The summed E-state index contributed by atoms with van der Waals surface area (Å²) in [6.45, 7) is 0. The summed E-state index contributed by atoms with van der Waals surface area (Å²) in [5.74, 6) is 5.61. The summed E-state index contributed by atoms with van der Waals surface area (Å²) in [6.07, 6.45) is 2.20. The Kier molecular flexibility index (Phi) is 2.45. The van der Waals surface area contributed by atoms with Gasteiger partial charge in [0.1, 0.15) is 11.7 Å². The number of nitrogens with two attached hydrogens (primary N) is 1. The number of benzene rings is 1. The molecule has 1 aromatic rings. The average Bonchev–Trinajstić information content (AvgIpc) is 2.98. The van der Waals surface area contributed by atoms with Crippen molar-refractivity contribution in [3.05, 3.63) is 35.6 Å². The second-order valence-electron chi connectivity index (χ2n) is 3.36. The molecule has 0 aliphatic heterocycles. The summed E-state index contributed by atoms with van der Waals surface area (Å²) < 4.78 is 12.9. The van der Waals surface area contributed by atoms with Gasteiger partial charge in [0.05, 0.1) is 6.04 Å². The maximum Gasteiger partial charge on any atom is 0.142 e. The van der Waals surface area contributed by atoms with Crippen LogP contribution in [0.1, 0.15) is 18.4 Å². The number of hydrazine groups is 1. The first-order chi connectivity index (χ1) is 6.79. The summed E-state index contributed by atoms with van der Waals surface area (Å²) in [7, 11) is 0. The smallest absolute Gasteiger partial charge is 0.142 e. The molecule has 0 bridgehead atoms. The molecule has 0 amide bonds. The molecule has 0 unspecified atom stereocenters. The highest BCUT2D eigenvalue weighted by Crippen LogP contribution is 2.24. The summed E-state index contributed by atoms with van der Waals surface area (Å²) in [5, 5.41) is 0. The van der Waals surface area contributed by atoms with E-state index < -0.39 is 0 Å². The topological polar surface area (TPSA) is 50.4 Å². The Morgan fingerprint density at radius 3 is 2.86 bits per heavy atom. The van der Waals surface area contributed by atoms with Gasteiger partial charge in [-0.1, -0.05) is 12.1 Å². The maximum absolute atomic E-state index is 12.9. The van der Waals surface area contributed by atoms with E-state index in [-0.39, 0.29) is 5.82 Å². The number of hydrogen-bond donors (Lipinski definition) is 2. The van der Waals surface area contributed by atoms with E-state index in [0.29, 0.717) is 17.4 Å². The van der Waals surface area contributed by atoms with Gasteiger partial charge in [-0.05, 0) is 25.0 Å². The molecule has 1 aliphatic carbocycles. The lowest BCUT2D eigenvalue weighted by molar-refractivity contribution is 0.627. The minimum atomic E-state index is -0.277. The van der Waals surface area contributed by atoms with Gasteiger partial charge in [-0.25, -0.2) is 10.2 Å². The van der Waals surface area contributed by atoms with Gasteiger partial charge in [0.15, 0.2) is 0 Å². The van der Waals surface area contributed by atoms with Gasteiger partial charge in [0, 0.05) is 5.56 Å². The predicted octanol–water partition coefficient (Wildman–Crippen LogP) is 1.20. The molecular weight excluding hydrogens is 181 g/mol. The molecule has 3 nitrogen and oxygen atoms in total. The van der Waals surface area contributed by atoms with E-state index in [1.165, 1.54) is 12.1 Å². The van der Waals surface area contributed by atoms with E-state index in [1.54, 1.807) is 12.1 Å². The highest BCUT2D eigenvalue weighted by atomic mass is 19.1. The number of halogens is 1. The average molecular weight is 193 g/mol. The second kappa shape index (κ2) is 3.75. The lowest BCUT2D eigenvalue weighted by Gasteiger charge is -2.05. The van der Waals surface area contributed by atoms with Crippen LogP contribution in [0.2, 0.25) is 0 Å². The van der Waals surface area contributed by atoms with Crippen LogP contribution in [0, 0.1) is 5.82 Å². The van der Waals surface area contributed by atoms with Crippen LogP contribution in [-0.2, 0) is 0 Å². The molecule has 0 saturated heterocycles. The van der Waals surface area contributed by atoms with Crippen LogP contribution in [-0.4, -0.2) is 11.9 Å². The molecule has 1 fully saturated rings. The van der Waals surface area contributed by atoms with Crippen LogP contribution in [0.5, 0.6) is 0 Å². The largest absolute Gasteiger partial charge is 0.308 e. The Hall–Kier alpha value is -1.42. The van der Waals surface area contributed by atoms with E-state index in [4.69, 9.17) is 5.84 Å².